The second-order valence-electron chi connectivity index (χ2n) is 7.79. The Hall–Kier alpha value is -1.44. The van der Waals surface area contributed by atoms with Crippen molar-refractivity contribution in [3.63, 3.8) is 0 Å². The van der Waals surface area contributed by atoms with E-state index in [0.717, 1.165) is 34.4 Å². The summed E-state index contributed by atoms with van der Waals surface area (Å²) >= 11 is 0. The Balaban J connectivity index is 1.68. The van der Waals surface area contributed by atoms with Gasteiger partial charge in [-0.3, -0.25) is 4.79 Å². The van der Waals surface area contributed by atoms with Crippen LogP contribution in [0.25, 0.3) is 0 Å². The third-order valence-electron chi connectivity index (χ3n) is 5.50. The maximum Gasteiger partial charge on any atom is 0.278 e. The molecule has 1 saturated heterocycles. The molecule has 1 aliphatic carbocycles. The summed E-state index contributed by atoms with van der Waals surface area (Å²) in [5.41, 5.74) is 2.67. The van der Waals surface area contributed by atoms with Crippen molar-refractivity contribution < 1.29 is 18.1 Å². The highest BCUT2D eigenvalue weighted by Crippen LogP contribution is 2.25. The Bertz CT molecular complexity index is 771. The number of nitrogens with zero attached hydrogens (tertiary/aromatic N) is 1. The first kappa shape index (κ1) is 19.3. The van der Waals surface area contributed by atoms with E-state index in [-0.39, 0.29) is 11.9 Å². The molecule has 7 heteroatoms. The molecule has 1 heterocycles. The SMILES string of the molecule is Cc1cc(C)c(S(=O)(=O)N2CC[NH+]([C@H](C)C(=O)NC3CC3)CC2)c(C)c1. The zero-order valence-corrected chi connectivity index (χ0v) is 16.9. The molecule has 1 aliphatic heterocycles. The minimum Gasteiger partial charge on any atom is -0.348 e. The van der Waals surface area contributed by atoms with E-state index in [1.165, 1.54) is 0 Å². The van der Waals surface area contributed by atoms with E-state index >= 15 is 0 Å². The van der Waals surface area contributed by atoms with Gasteiger partial charge in [0.1, 0.15) is 0 Å². The smallest absolute Gasteiger partial charge is 0.278 e. The number of piperazine rings is 1. The molecule has 3 rings (SSSR count). The number of sulfonamides is 1. The molecule has 2 fully saturated rings. The van der Waals surface area contributed by atoms with Gasteiger partial charge >= 0.3 is 0 Å². The quantitative estimate of drug-likeness (QED) is 0.765. The fourth-order valence-corrected chi connectivity index (χ4v) is 5.74. The van der Waals surface area contributed by atoms with Crippen LogP contribution in [-0.2, 0) is 14.8 Å². The van der Waals surface area contributed by atoms with E-state index in [1.807, 2.05) is 39.8 Å². The highest BCUT2D eigenvalue weighted by atomic mass is 32.2. The van der Waals surface area contributed by atoms with Crippen LogP contribution in [0.2, 0.25) is 0 Å². The van der Waals surface area contributed by atoms with Crippen molar-refractivity contribution in [3.8, 4) is 0 Å². The average molecular weight is 381 g/mol. The number of nitrogens with one attached hydrogen (secondary N) is 2. The Morgan fingerprint density at radius 2 is 1.69 bits per heavy atom. The number of amides is 1. The lowest BCUT2D eigenvalue weighted by Gasteiger charge is -2.34. The van der Waals surface area contributed by atoms with E-state index in [4.69, 9.17) is 0 Å². The second kappa shape index (κ2) is 7.29. The van der Waals surface area contributed by atoms with Gasteiger partial charge in [0.2, 0.25) is 10.0 Å². The first-order valence-corrected chi connectivity index (χ1v) is 10.9. The fourth-order valence-electron chi connectivity index (χ4n) is 3.89. The molecule has 144 valence electrons. The van der Waals surface area contributed by atoms with Crippen molar-refractivity contribution in [3.05, 3.63) is 28.8 Å². The summed E-state index contributed by atoms with van der Waals surface area (Å²) in [4.78, 5) is 13.8. The molecule has 1 amide bonds. The molecule has 26 heavy (non-hydrogen) atoms. The van der Waals surface area contributed by atoms with Crippen LogP contribution in [0.4, 0.5) is 0 Å². The summed E-state index contributed by atoms with van der Waals surface area (Å²) in [6.45, 7) is 9.84. The van der Waals surface area contributed by atoms with Crippen LogP contribution in [0.5, 0.6) is 0 Å². The van der Waals surface area contributed by atoms with Crippen molar-refractivity contribution in [1.82, 2.24) is 9.62 Å². The third kappa shape index (κ3) is 3.94. The van der Waals surface area contributed by atoms with Gasteiger partial charge in [-0.1, -0.05) is 17.7 Å². The summed E-state index contributed by atoms with van der Waals surface area (Å²) < 4.78 is 27.9. The minimum atomic E-state index is -3.50. The second-order valence-corrected chi connectivity index (χ2v) is 9.67. The molecule has 2 N–H and O–H groups in total. The Morgan fingerprint density at radius 3 is 2.19 bits per heavy atom. The summed E-state index contributed by atoms with van der Waals surface area (Å²) in [6.07, 6.45) is 2.16. The molecule has 0 radical (unpaired) electrons. The van der Waals surface area contributed by atoms with Gasteiger partial charge in [-0.15, -0.1) is 0 Å². The molecule has 6 nitrogen and oxygen atoms in total. The van der Waals surface area contributed by atoms with Crippen LogP contribution >= 0.6 is 0 Å². The van der Waals surface area contributed by atoms with Crippen LogP contribution in [0.3, 0.4) is 0 Å². The van der Waals surface area contributed by atoms with Crippen molar-refractivity contribution in [2.45, 2.75) is 57.5 Å². The van der Waals surface area contributed by atoms with Crippen molar-refractivity contribution in [2.75, 3.05) is 26.2 Å². The molecule has 1 aromatic carbocycles. The van der Waals surface area contributed by atoms with Crippen LogP contribution in [-0.4, -0.2) is 56.9 Å². The summed E-state index contributed by atoms with van der Waals surface area (Å²) in [5.74, 6) is 0.0871. The first-order valence-electron chi connectivity index (χ1n) is 9.43. The molecule has 2 aliphatic rings. The molecule has 0 spiro atoms. The minimum absolute atomic E-state index is 0.0871. The number of carbonyl (C=O) groups excluding carboxylic acids is 1. The normalized spacial score (nSPS) is 20.8. The first-order chi connectivity index (χ1) is 12.2. The zero-order valence-electron chi connectivity index (χ0n) is 16.1. The van der Waals surface area contributed by atoms with Crippen molar-refractivity contribution >= 4 is 15.9 Å². The Labute approximate surface area is 156 Å². The van der Waals surface area contributed by atoms with E-state index in [0.29, 0.717) is 37.1 Å². The molecule has 0 bridgehead atoms. The fraction of sp³-hybridized carbons (Fsp3) is 0.632. The number of aryl methyl sites for hydroxylation is 3. The molecular weight excluding hydrogens is 350 g/mol. The lowest BCUT2D eigenvalue weighted by Crippen LogP contribution is -3.19. The number of carbonyl (C=O) groups is 1. The number of benzene rings is 1. The van der Waals surface area contributed by atoms with Crippen LogP contribution in [0.1, 0.15) is 36.5 Å². The lowest BCUT2D eigenvalue weighted by molar-refractivity contribution is -0.917. The maximum atomic E-state index is 13.1. The predicted octanol–water partition coefficient (Wildman–Crippen LogP) is 0.168. The molecule has 0 aromatic heterocycles. The van der Waals surface area contributed by atoms with Crippen LogP contribution in [0, 0.1) is 20.8 Å². The third-order valence-corrected chi connectivity index (χ3v) is 7.70. The van der Waals surface area contributed by atoms with Gasteiger partial charge < -0.3 is 10.2 Å². The average Bonchev–Trinajstić information content (AvgIpc) is 3.37. The van der Waals surface area contributed by atoms with Crippen molar-refractivity contribution in [2.24, 2.45) is 0 Å². The number of hydrogen-bond acceptors (Lipinski definition) is 3. The van der Waals surface area contributed by atoms with Gasteiger partial charge in [0, 0.05) is 6.04 Å². The molecule has 1 saturated carbocycles. The Morgan fingerprint density at radius 1 is 1.15 bits per heavy atom. The zero-order chi connectivity index (χ0) is 19.1. The highest BCUT2D eigenvalue weighted by molar-refractivity contribution is 7.89. The molecule has 0 unspecified atom stereocenters. The van der Waals surface area contributed by atoms with Crippen LogP contribution < -0.4 is 10.2 Å². The molecule has 1 atom stereocenters. The summed E-state index contributed by atoms with van der Waals surface area (Å²) in [6, 6.07) is 4.07. The largest absolute Gasteiger partial charge is 0.348 e. The van der Waals surface area contributed by atoms with Crippen molar-refractivity contribution in [1.29, 1.82) is 0 Å². The van der Waals surface area contributed by atoms with Crippen LogP contribution in [0.15, 0.2) is 17.0 Å². The summed E-state index contributed by atoms with van der Waals surface area (Å²) in [7, 11) is -3.50. The predicted molar refractivity (Wildman–Crippen MR) is 101 cm³/mol. The topological polar surface area (TPSA) is 70.9 Å². The van der Waals surface area contributed by atoms with Gasteiger partial charge in [-0.05, 0) is 51.7 Å². The number of hydrogen-bond donors (Lipinski definition) is 2. The highest BCUT2D eigenvalue weighted by Gasteiger charge is 2.36. The monoisotopic (exact) mass is 380 g/mol. The van der Waals surface area contributed by atoms with E-state index < -0.39 is 10.0 Å². The van der Waals surface area contributed by atoms with Gasteiger partial charge in [0.25, 0.3) is 5.91 Å². The van der Waals surface area contributed by atoms with Gasteiger partial charge in [0.15, 0.2) is 6.04 Å². The standard InChI is InChI=1S/C19H29N3O3S/c1-13-11-14(2)18(15(3)12-13)26(24,25)22-9-7-21(8-10-22)16(4)19(23)20-17-5-6-17/h11-12,16-17H,5-10H2,1-4H3,(H,20,23)/p+1/t16-/m1/s1. The molecular formula is C19H30N3O3S+. The maximum absolute atomic E-state index is 13.1. The van der Waals surface area contributed by atoms with E-state index in [1.54, 1.807) is 4.31 Å². The van der Waals surface area contributed by atoms with Gasteiger partial charge in [0.05, 0.1) is 31.1 Å². The molecule has 1 aromatic rings. The Kier molecular flexibility index (Phi) is 5.42. The lowest BCUT2D eigenvalue weighted by atomic mass is 10.1. The summed E-state index contributed by atoms with van der Waals surface area (Å²) in [5, 5.41) is 3.05. The van der Waals surface area contributed by atoms with Gasteiger partial charge in [-0.2, -0.15) is 4.31 Å². The number of quaternary nitrogens is 1. The van der Waals surface area contributed by atoms with E-state index in [9.17, 15) is 13.2 Å². The number of rotatable bonds is 5. The van der Waals surface area contributed by atoms with E-state index in [2.05, 4.69) is 5.32 Å². The van der Waals surface area contributed by atoms with Gasteiger partial charge in [-0.25, -0.2) is 8.42 Å².